The van der Waals surface area contributed by atoms with Gasteiger partial charge in [-0.2, -0.15) is 0 Å². The van der Waals surface area contributed by atoms with Crippen LogP contribution in [0.2, 0.25) is 0 Å². The second kappa shape index (κ2) is 4.40. The Labute approximate surface area is 67.0 Å². The third-order valence-electron chi connectivity index (χ3n) is 1.31. The van der Waals surface area contributed by atoms with Gasteiger partial charge in [0.1, 0.15) is 6.11 Å². The van der Waals surface area contributed by atoms with E-state index < -0.39 is 0 Å². The molecule has 0 unspecified atom stereocenters. The van der Waals surface area contributed by atoms with Crippen molar-refractivity contribution in [1.82, 2.24) is 0 Å². The van der Waals surface area contributed by atoms with Crippen molar-refractivity contribution >= 4 is 0 Å². The number of hydrogen-bond acceptors (Lipinski definition) is 1. The summed E-state index contributed by atoms with van der Waals surface area (Å²) in [5, 5.41) is 0. The van der Waals surface area contributed by atoms with Crippen LogP contribution in [-0.4, -0.2) is 7.11 Å². The van der Waals surface area contributed by atoms with Gasteiger partial charge in [-0.25, -0.2) is 0 Å². The monoisotopic (exact) mass is 146 g/mol. The molecular weight excluding hydrogens is 136 g/mol. The van der Waals surface area contributed by atoms with Crippen molar-refractivity contribution in [3.63, 3.8) is 0 Å². The molecule has 0 bridgehead atoms. The molecule has 0 fully saturated rings. The minimum atomic E-state index is 0.759. The highest BCUT2D eigenvalue weighted by molar-refractivity contribution is 5.19. The predicted molar refractivity (Wildman–Crippen MR) is 44.9 cm³/mol. The molecule has 0 saturated heterocycles. The van der Waals surface area contributed by atoms with Crippen molar-refractivity contribution in [3.8, 4) is 12.0 Å². The molecule has 56 valence electrons. The van der Waals surface area contributed by atoms with Crippen LogP contribution in [0.25, 0.3) is 0 Å². The van der Waals surface area contributed by atoms with Gasteiger partial charge in [0.05, 0.1) is 7.11 Å². The van der Waals surface area contributed by atoms with E-state index in [1.807, 2.05) is 30.3 Å². The molecule has 11 heavy (non-hydrogen) atoms. The zero-order chi connectivity index (χ0) is 7.94. The molecule has 1 rings (SSSR count). The van der Waals surface area contributed by atoms with Gasteiger partial charge in [0.2, 0.25) is 0 Å². The summed E-state index contributed by atoms with van der Waals surface area (Å²) < 4.78 is 4.60. The maximum absolute atomic E-state index is 4.60. The molecule has 0 atom stereocenters. The van der Waals surface area contributed by atoms with Crippen LogP contribution < -0.4 is 0 Å². The fraction of sp³-hybridized carbons (Fsp3) is 0.200. The first-order valence-electron chi connectivity index (χ1n) is 3.48. The molecule has 0 spiro atoms. The van der Waals surface area contributed by atoms with E-state index in [1.165, 1.54) is 5.56 Å². The average molecular weight is 146 g/mol. The van der Waals surface area contributed by atoms with E-state index in [0.29, 0.717) is 0 Å². The Kier molecular flexibility index (Phi) is 3.08. The first kappa shape index (κ1) is 7.68. The van der Waals surface area contributed by atoms with Crippen LogP contribution in [0.4, 0.5) is 0 Å². The maximum atomic E-state index is 4.60. The first-order valence-corrected chi connectivity index (χ1v) is 3.48. The number of hydrogen-bond donors (Lipinski definition) is 0. The molecule has 0 N–H and O–H groups in total. The molecule has 0 aliphatic carbocycles. The molecule has 0 aliphatic rings. The van der Waals surface area contributed by atoms with E-state index in [1.54, 1.807) is 7.11 Å². The Balaban J connectivity index is 2.52. The third-order valence-corrected chi connectivity index (χ3v) is 1.31. The molecule has 0 aliphatic heterocycles. The zero-order valence-electron chi connectivity index (χ0n) is 6.50. The highest BCUT2D eigenvalue weighted by atomic mass is 16.5. The normalized spacial score (nSPS) is 8.09. The van der Waals surface area contributed by atoms with Crippen LogP contribution in [0, 0.1) is 12.0 Å². The minimum Gasteiger partial charge on any atom is -0.450 e. The van der Waals surface area contributed by atoms with Gasteiger partial charge in [0, 0.05) is 6.42 Å². The lowest BCUT2D eigenvalue weighted by molar-refractivity contribution is 0.372. The number of ether oxygens (including phenoxy) is 1. The molecule has 1 heteroatoms. The molecular formula is C10H10O. The average Bonchev–Trinajstić information content (AvgIpc) is 2.07. The van der Waals surface area contributed by atoms with Crippen molar-refractivity contribution < 1.29 is 4.74 Å². The molecule has 0 radical (unpaired) electrons. The topological polar surface area (TPSA) is 9.23 Å². The standard InChI is InChI=1S/C10H10O/c1-11-9-5-8-10-6-3-2-4-7-10/h2-4,6-7H,8H2,1H3. The summed E-state index contributed by atoms with van der Waals surface area (Å²) >= 11 is 0. The Morgan fingerprint density at radius 1 is 1.27 bits per heavy atom. The molecule has 0 aromatic heterocycles. The van der Waals surface area contributed by atoms with Gasteiger partial charge in [-0.3, -0.25) is 0 Å². The summed E-state index contributed by atoms with van der Waals surface area (Å²) in [6.45, 7) is 0. The predicted octanol–water partition coefficient (Wildman–Crippen LogP) is 1.84. The third kappa shape index (κ3) is 2.77. The molecule has 1 aromatic rings. The Hall–Kier alpha value is -1.42. The van der Waals surface area contributed by atoms with Gasteiger partial charge in [0.15, 0.2) is 0 Å². The summed E-state index contributed by atoms with van der Waals surface area (Å²) in [5.74, 6) is 2.88. The summed E-state index contributed by atoms with van der Waals surface area (Å²) in [6, 6.07) is 10.1. The number of rotatable bonds is 1. The van der Waals surface area contributed by atoms with Gasteiger partial charge in [-0.1, -0.05) is 36.3 Å². The SMILES string of the molecule is COC#CCc1ccccc1. The summed E-state index contributed by atoms with van der Waals surface area (Å²) in [5.41, 5.74) is 1.22. The lowest BCUT2D eigenvalue weighted by Crippen LogP contribution is -1.78. The lowest BCUT2D eigenvalue weighted by Gasteiger charge is -1.90. The van der Waals surface area contributed by atoms with Crippen LogP contribution in [-0.2, 0) is 11.2 Å². The second-order valence-electron chi connectivity index (χ2n) is 2.15. The smallest absolute Gasteiger partial charge is 0.110 e. The molecule has 0 amide bonds. The van der Waals surface area contributed by atoms with Crippen molar-refractivity contribution in [3.05, 3.63) is 35.9 Å². The van der Waals surface area contributed by atoms with E-state index in [9.17, 15) is 0 Å². The van der Waals surface area contributed by atoms with Crippen molar-refractivity contribution in [2.45, 2.75) is 6.42 Å². The van der Waals surface area contributed by atoms with Crippen LogP contribution >= 0.6 is 0 Å². The van der Waals surface area contributed by atoms with E-state index >= 15 is 0 Å². The van der Waals surface area contributed by atoms with Crippen molar-refractivity contribution in [2.75, 3.05) is 7.11 Å². The minimum absolute atomic E-state index is 0.759. The summed E-state index contributed by atoms with van der Waals surface area (Å²) in [7, 11) is 1.57. The molecule has 1 aromatic carbocycles. The van der Waals surface area contributed by atoms with Crippen LogP contribution in [0.3, 0.4) is 0 Å². The number of benzene rings is 1. The van der Waals surface area contributed by atoms with E-state index in [4.69, 9.17) is 0 Å². The Bertz CT molecular complexity index is 253. The molecule has 1 nitrogen and oxygen atoms in total. The van der Waals surface area contributed by atoms with Gasteiger partial charge in [-0.15, -0.1) is 0 Å². The van der Waals surface area contributed by atoms with Gasteiger partial charge in [0.25, 0.3) is 0 Å². The fourth-order valence-corrected chi connectivity index (χ4v) is 0.806. The highest BCUT2D eigenvalue weighted by Crippen LogP contribution is 1.97. The lowest BCUT2D eigenvalue weighted by atomic mass is 10.2. The van der Waals surface area contributed by atoms with E-state index in [2.05, 4.69) is 16.8 Å². The Morgan fingerprint density at radius 3 is 2.64 bits per heavy atom. The van der Waals surface area contributed by atoms with Crippen LogP contribution in [0.15, 0.2) is 30.3 Å². The van der Waals surface area contributed by atoms with Crippen molar-refractivity contribution in [2.24, 2.45) is 0 Å². The second-order valence-corrected chi connectivity index (χ2v) is 2.15. The molecule has 0 heterocycles. The highest BCUT2D eigenvalue weighted by Gasteiger charge is 1.83. The van der Waals surface area contributed by atoms with Gasteiger partial charge < -0.3 is 4.74 Å². The van der Waals surface area contributed by atoms with E-state index in [-0.39, 0.29) is 0 Å². The fourth-order valence-electron chi connectivity index (χ4n) is 0.806. The van der Waals surface area contributed by atoms with Crippen LogP contribution in [0.1, 0.15) is 5.56 Å². The van der Waals surface area contributed by atoms with Gasteiger partial charge >= 0.3 is 0 Å². The maximum Gasteiger partial charge on any atom is 0.110 e. The summed E-state index contributed by atoms with van der Waals surface area (Å²) in [6.07, 6.45) is 3.31. The van der Waals surface area contributed by atoms with Gasteiger partial charge in [-0.05, 0) is 5.56 Å². The van der Waals surface area contributed by atoms with Crippen molar-refractivity contribution in [1.29, 1.82) is 0 Å². The Morgan fingerprint density at radius 2 is 2.00 bits per heavy atom. The summed E-state index contributed by atoms with van der Waals surface area (Å²) in [4.78, 5) is 0. The van der Waals surface area contributed by atoms with Crippen LogP contribution in [0.5, 0.6) is 0 Å². The largest absolute Gasteiger partial charge is 0.450 e. The molecule has 0 saturated carbocycles. The zero-order valence-corrected chi connectivity index (χ0v) is 6.50. The first-order chi connectivity index (χ1) is 5.43. The quantitative estimate of drug-likeness (QED) is 0.549. The number of methoxy groups -OCH3 is 1. The van der Waals surface area contributed by atoms with E-state index in [0.717, 1.165) is 6.42 Å².